The van der Waals surface area contributed by atoms with Crippen molar-refractivity contribution in [2.75, 3.05) is 23.8 Å². The van der Waals surface area contributed by atoms with E-state index in [1.165, 1.54) is 24.3 Å². The van der Waals surface area contributed by atoms with E-state index in [2.05, 4.69) is 21.7 Å². The smallest absolute Gasteiger partial charge is 0.323 e. The molecule has 2 heterocycles. The monoisotopic (exact) mass is 470 g/mol. The Morgan fingerprint density at radius 3 is 2.40 bits per heavy atom. The normalized spacial score (nSPS) is 14.1. The van der Waals surface area contributed by atoms with Crippen LogP contribution in [0.5, 0.6) is 17.2 Å². The average molecular weight is 470 g/mol. The second kappa shape index (κ2) is 9.67. The molecule has 1 aliphatic rings. The van der Waals surface area contributed by atoms with Crippen molar-refractivity contribution >= 4 is 28.3 Å². The van der Waals surface area contributed by atoms with Crippen LogP contribution in [0, 0.1) is 17.1 Å². The lowest BCUT2D eigenvalue weighted by Crippen LogP contribution is -2.19. The van der Waals surface area contributed by atoms with Gasteiger partial charge >= 0.3 is 6.03 Å². The lowest BCUT2D eigenvalue weighted by molar-refractivity contribution is 0.262. The van der Waals surface area contributed by atoms with Crippen LogP contribution in [0.2, 0.25) is 0 Å². The van der Waals surface area contributed by atoms with Gasteiger partial charge in [0.2, 0.25) is 0 Å². The number of hydrogen-bond donors (Lipinski definition) is 2. The number of nitrogens with one attached hydrogen (secondary N) is 2. The molecular weight excluding hydrogens is 451 g/mol. The van der Waals surface area contributed by atoms with Gasteiger partial charge in [0.25, 0.3) is 0 Å². The molecule has 8 nitrogen and oxygen atoms in total. The number of rotatable bonds is 7. The molecule has 9 heteroatoms. The van der Waals surface area contributed by atoms with Crippen LogP contribution in [0.1, 0.15) is 5.56 Å². The largest absolute Gasteiger partial charge is 0.489 e. The number of carbonyl (C=O) groups is 1. The fraction of sp³-hybridized carbons (Fsp3) is 0.115. The summed E-state index contributed by atoms with van der Waals surface area (Å²) in [6.07, 6.45) is 1.69. The Hall–Kier alpha value is -4.68. The fourth-order valence-corrected chi connectivity index (χ4v) is 3.35. The summed E-state index contributed by atoms with van der Waals surface area (Å²) in [4.78, 5) is 16.5. The molecule has 2 amide bonds. The first-order chi connectivity index (χ1) is 17.1. The minimum atomic E-state index is -0.458. The highest BCUT2D eigenvalue weighted by Gasteiger charge is 2.24. The van der Waals surface area contributed by atoms with E-state index in [1.54, 1.807) is 48.7 Å². The number of amides is 2. The lowest BCUT2D eigenvalue weighted by Gasteiger charge is -2.12. The van der Waals surface area contributed by atoms with E-state index in [1.807, 2.05) is 0 Å². The van der Waals surface area contributed by atoms with Gasteiger partial charge in [0.15, 0.2) is 0 Å². The summed E-state index contributed by atoms with van der Waals surface area (Å²) in [5.41, 5.74) is 2.02. The highest BCUT2D eigenvalue weighted by Crippen LogP contribution is 2.33. The van der Waals surface area contributed by atoms with Gasteiger partial charge in [0, 0.05) is 29.0 Å². The third-order valence-electron chi connectivity index (χ3n) is 5.19. The topological polar surface area (TPSA) is 109 Å². The molecule has 35 heavy (non-hydrogen) atoms. The molecule has 1 saturated heterocycles. The van der Waals surface area contributed by atoms with E-state index in [0.717, 1.165) is 0 Å². The standard InChI is InChI=1S/C26H19FN4O4/c27-17-1-3-18(4-2-17)30-26(32)31-19-5-7-20(8-6-19)35-24-9-10-29-23-12-25(34-15-21-14-33-21)16(13-28)11-22(23)24/h1-12,21H,14-15H2,(H2,30,31,32)/t21-/m1/s1. The Labute approximate surface area is 199 Å². The molecule has 1 aliphatic heterocycles. The molecule has 1 atom stereocenters. The van der Waals surface area contributed by atoms with Crippen molar-refractivity contribution < 1.29 is 23.4 Å². The fourth-order valence-electron chi connectivity index (χ4n) is 3.35. The zero-order chi connectivity index (χ0) is 24.2. The number of anilines is 2. The van der Waals surface area contributed by atoms with Crippen LogP contribution in [0.3, 0.4) is 0 Å². The molecule has 0 bridgehead atoms. The summed E-state index contributed by atoms with van der Waals surface area (Å²) in [6, 6.07) is 19.1. The van der Waals surface area contributed by atoms with E-state index in [9.17, 15) is 14.4 Å². The van der Waals surface area contributed by atoms with Gasteiger partial charge in [-0.25, -0.2) is 9.18 Å². The number of epoxide rings is 1. The molecule has 0 aliphatic carbocycles. The van der Waals surface area contributed by atoms with Crippen molar-refractivity contribution in [1.82, 2.24) is 4.98 Å². The molecule has 2 N–H and O–H groups in total. The molecule has 1 aromatic heterocycles. The van der Waals surface area contributed by atoms with Gasteiger partial charge in [-0.2, -0.15) is 5.26 Å². The number of benzene rings is 3. The van der Waals surface area contributed by atoms with Crippen molar-refractivity contribution in [3.05, 3.63) is 84.3 Å². The maximum absolute atomic E-state index is 13.0. The molecule has 0 unspecified atom stereocenters. The van der Waals surface area contributed by atoms with Crippen molar-refractivity contribution in [3.63, 3.8) is 0 Å². The highest BCUT2D eigenvalue weighted by molar-refractivity contribution is 5.99. The first-order valence-electron chi connectivity index (χ1n) is 10.8. The van der Waals surface area contributed by atoms with Crippen LogP contribution >= 0.6 is 0 Å². The zero-order valence-electron chi connectivity index (χ0n) is 18.3. The molecular formula is C26H19FN4O4. The van der Waals surface area contributed by atoms with Crippen LogP contribution in [0.4, 0.5) is 20.6 Å². The molecule has 1 fully saturated rings. The average Bonchev–Trinajstić information content (AvgIpc) is 3.69. The van der Waals surface area contributed by atoms with E-state index < -0.39 is 6.03 Å². The van der Waals surface area contributed by atoms with Gasteiger partial charge in [-0.1, -0.05) is 0 Å². The second-order valence-corrected chi connectivity index (χ2v) is 7.77. The van der Waals surface area contributed by atoms with Crippen LogP contribution in [-0.2, 0) is 4.74 Å². The van der Waals surface area contributed by atoms with Crippen molar-refractivity contribution in [2.24, 2.45) is 0 Å². The number of urea groups is 1. The minimum Gasteiger partial charge on any atom is -0.489 e. The molecule has 0 radical (unpaired) electrons. The summed E-state index contributed by atoms with van der Waals surface area (Å²) in [6.45, 7) is 1.05. The molecule has 5 rings (SSSR count). The Morgan fingerprint density at radius 1 is 1.06 bits per heavy atom. The summed E-state index contributed by atoms with van der Waals surface area (Å²) < 4.78 is 29.9. The SMILES string of the molecule is N#Cc1cc2c(Oc3ccc(NC(=O)Nc4ccc(F)cc4)cc3)ccnc2cc1OC[C@H]1CO1. The Morgan fingerprint density at radius 2 is 1.74 bits per heavy atom. The van der Waals surface area contributed by atoms with Gasteiger partial charge in [-0.3, -0.25) is 4.98 Å². The molecule has 174 valence electrons. The number of fused-ring (bicyclic) bond motifs is 1. The summed E-state index contributed by atoms with van der Waals surface area (Å²) in [7, 11) is 0. The predicted molar refractivity (Wildman–Crippen MR) is 127 cm³/mol. The number of halogens is 1. The van der Waals surface area contributed by atoms with E-state index in [4.69, 9.17) is 14.2 Å². The Bertz CT molecular complexity index is 1410. The van der Waals surface area contributed by atoms with Gasteiger partial charge in [-0.15, -0.1) is 0 Å². The molecule has 0 saturated carbocycles. The third kappa shape index (κ3) is 5.46. The number of aromatic nitrogens is 1. The first kappa shape index (κ1) is 22.1. The maximum atomic E-state index is 13.0. The third-order valence-corrected chi connectivity index (χ3v) is 5.19. The van der Waals surface area contributed by atoms with Crippen LogP contribution in [0.25, 0.3) is 10.9 Å². The maximum Gasteiger partial charge on any atom is 0.323 e. The second-order valence-electron chi connectivity index (χ2n) is 7.77. The van der Waals surface area contributed by atoms with Gasteiger partial charge in [-0.05, 0) is 60.7 Å². The number of nitrogens with zero attached hydrogens (tertiary/aromatic N) is 2. The van der Waals surface area contributed by atoms with Crippen LogP contribution in [0.15, 0.2) is 72.9 Å². The Kier molecular flexibility index (Phi) is 6.11. The van der Waals surface area contributed by atoms with Gasteiger partial charge in [0.05, 0.1) is 17.7 Å². The van der Waals surface area contributed by atoms with Gasteiger partial charge in [0.1, 0.15) is 41.8 Å². The van der Waals surface area contributed by atoms with Crippen molar-refractivity contribution in [3.8, 4) is 23.3 Å². The molecule has 3 aromatic carbocycles. The van der Waals surface area contributed by atoms with E-state index in [0.29, 0.717) is 58.3 Å². The van der Waals surface area contributed by atoms with Crippen molar-refractivity contribution in [1.29, 1.82) is 5.26 Å². The molecule has 4 aromatic rings. The summed E-state index contributed by atoms with van der Waals surface area (Å²) in [5.74, 6) is 1.13. The quantitative estimate of drug-likeness (QED) is 0.347. The van der Waals surface area contributed by atoms with E-state index >= 15 is 0 Å². The first-order valence-corrected chi connectivity index (χ1v) is 10.8. The number of ether oxygens (including phenoxy) is 3. The van der Waals surface area contributed by atoms with Crippen molar-refractivity contribution in [2.45, 2.75) is 6.10 Å². The zero-order valence-corrected chi connectivity index (χ0v) is 18.3. The van der Waals surface area contributed by atoms with Crippen LogP contribution < -0.4 is 20.1 Å². The predicted octanol–water partition coefficient (Wildman–Crippen LogP) is 5.46. The highest BCUT2D eigenvalue weighted by atomic mass is 19.1. The summed E-state index contributed by atoms with van der Waals surface area (Å²) in [5, 5.41) is 15.6. The van der Waals surface area contributed by atoms with Gasteiger partial charge < -0.3 is 24.8 Å². The molecule has 0 spiro atoms. The summed E-state index contributed by atoms with van der Waals surface area (Å²) >= 11 is 0. The van der Waals surface area contributed by atoms with Crippen LogP contribution in [-0.4, -0.2) is 30.3 Å². The minimum absolute atomic E-state index is 0.0753. The van der Waals surface area contributed by atoms with E-state index in [-0.39, 0.29) is 11.9 Å². The number of carbonyl (C=O) groups excluding carboxylic acids is 1. The number of nitriles is 1. The number of hydrogen-bond acceptors (Lipinski definition) is 6. The number of pyridine rings is 1. The lowest BCUT2D eigenvalue weighted by atomic mass is 10.1. The Balaban J connectivity index is 1.28.